The maximum atomic E-state index is 14.9. The lowest BCUT2D eigenvalue weighted by Gasteiger charge is -2.28. The molecule has 0 saturated heterocycles. The summed E-state index contributed by atoms with van der Waals surface area (Å²) in [5.41, 5.74) is 2.06. The molecule has 3 aromatic rings. The number of ether oxygens (including phenoxy) is 1. The number of benzene rings is 3. The van der Waals surface area contributed by atoms with E-state index in [0.29, 0.717) is 29.0 Å². The second-order valence-electron chi connectivity index (χ2n) is 9.43. The SMILES string of the molecule is CCCc1ccc(-c2ccc(OC(=O)c3ccc(C4CCC(CC)CC4)c(F)c3F)cc2)cc1F. The minimum Gasteiger partial charge on any atom is -0.423 e. The first kappa shape index (κ1) is 25.0. The van der Waals surface area contributed by atoms with Crippen molar-refractivity contribution < 1.29 is 22.7 Å². The van der Waals surface area contributed by atoms with Crippen LogP contribution in [0, 0.1) is 23.4 Å². The number of aryl methyl sites for hydroxylation is 1. The zero-order valence-corrected chi connectivity index (χ0v) is 20.3. The van der Waals surface area contributed by atoms with Gasteiger partial charge in [0.25, 0.3) is 0 Å². The molecule has 0 spiro atoms. The van der Waals surface area contributed by atoms with Crippen molar-refractivity contribution in [3.63, 3.8) is 0 Å². The van der Waals surface area contributed by atoms with Gasteiger partial charge in [-0.05, 0) is 90.5 Å². The van der Waals surface area contributed by atoms with Gasteiger partial charge >= 0.3 is 5.97 Å². The van der Waals surface area contributed by atoms with Crippen molar-refractivity contribution in [3.8, 4) is 16.9 Å². The maximum Gasteiger partial charge on any atom is 0.346 e. The lowest BCUT2D eigenvalue weighted by atomic mass is 9.77. The van der Waals surface area contributed by atoms with Crippen molar-refractivity contribution in [3.05, 3.63) is 88.7 Å². The smallest absolute Gasteiger partial charge is 0.346 e. The summed E-state index contributed by atoms with van der Waals surface area (Å²) in [6.07, 6.45) is 6.33. The van der Waals surface area contributed by atoms with Crippen molar-refractivity contribution in [1.82, 2.24) is 0 Å². The molecule has 0 unspecified atom stereocenters. The van der Waals surface area contributed by atoms with Crippen molar-refractivity contribution >= 4 is 5.97 Å². The highest BCUT2D eigenvalue weighted by Gasteiger charge is 2.27. The van der Waals surface area contributed by atoms with E-state index < -0.39 is 23.2 Å². The second-order valence-corrected chi connectivity index (χ2v) is 9.43. The van der Waals surface area contributed by atoms with Gasteiger partial charge in [0.1, 0.15) is 11.6 Å². The molecule has 0 N–H and O–H groups in total. The summed E-state index contributed by atoms with van der Waals surface area (Å²) in [4.78, 5) is 12.6. The molecule has 0 bridgehead atoms. The Morgan fingerprint density at radius 1 is 0.857 bits per heavy atom. The Morgan fingerprint density at radius 3 is 2.17 bits per heavy atom. The molecule has 0 atom stereocenters. The van der Waals surface area contributed by atoms with Crippen LogP contribution in [0.3, 0.4) is 0 Å². The fraction of sp³-hybridized carbons (Fsp3) is 0.367. The first-order valence-electron chi connectivity index (χ1n) is 12.5. The Balaban J connectivity index is 1.45. The summed E-state index contributed by atoms with van der Waals surface area (Å²) in [7, 11) is 0. The van der Waals surface area contributed by atoms with E-state index in [9.17, 15) is 18.0 Å². The first-order valence-corrected chi connectivity index (χ1v) is 12.5. The zero-order valence-electron chi connectivity index (χ0n) is 20.3. The molecule has 2 nitrogen and oxygen atoms in total. The first-order chi connectivity index (χ1) is 16.9. The average molecular weight is 481 g/mol. The quantitative estimate of drug-likeness (QED) is 0.250. The van der Waals surface area contributed by atoms with Crippen LogP contribution in [0.25, 0.3) is 11.1 Å². The van der Waals surface area contributed by atoms with E-state index in [1.54, 1.807) is 30.3 Å². The van der Waals surface area contributed by atoms with Crippen molar-refractivity contribution in [2.45, 2.75) is 64.7 Å². The van der Waals surface area contributed by atoms with Crippen LogP contribution >= 0.6 is 0 Å². The third kappa shape index (κ3) is 5.61. The summed E-state index contributed by atoms with van der Waals surface area (Å²) in [6, 6.07) is 14.5. The Hall–Kier alpha value is -3.08. The van der Waals surface area contributed by atoms with Crippen LogP contribution in [-0.4, -0.2) is 5.97 Å². The molecule has 184 valence electrons. The largest absolute Gasteiger partial charge is 0.423 e. The molecular formula is C30H31F3O2. The Kier molecular flexibility index (Phi) is 7.94. The van der Waals surface area contributed by atoms with Gasteiger partial charge < -0.3 is 4.74 Å². The highest BCUT2D eigenvalue weighted by Crippen LogP contribution is 2.38. The van der Waals surface area contributed by atoms with E-state index in [1.807, 2.05) is 13.0 Å². The van der Waals surface area contributed by atoms with Gasteiger partial charge in [0.15, 0.2) is 11.6 Å². The lowest BCUT2D eigenvalue weighted by molar-refractivity contribution is 0.0728. The maximum absolute atomic E-state index is 14.9. The minimum atomic E-state index is -1.16. The summed E-state index contributed by atoms with van der Waals surface area (Å²) < 4.78 is 49.2. The van der Waals surface area contributed by atoms with Crippen LogP contribution < -0.4 is 4.74 Å². The van der Waals surface area contributed by atoms with Gasteiger partial charge in [0.05, 0.1) is 5.56 Å². The van der Waals surface area contributed by atoms with E-state index in [1.165, 1.54) is 18.2 Å². The summed E-state index contributed by atoms with van der Waals surface area (Å²) in [5.74, 6) is -2.49. The number of halogens is 3. The monoisotopic (exact) mass is 480 g/mol. The van der Waals surface area contributed by atoms with Gasteiger partial charge in [-0.3, -0.25) is 0 Å². The molecule has 0 aliphatic heterocycles. The molecule has 3 aromatic carbocycles. The molecule has 35 heavy (non-hydrogen) atoms. The van der Waals surface area contributed by atoms with Crippen LogP contribution in [-0.2, 0) is 6.42 Å². The number of esters is 1. The van der Waals surface area contributed by atoms with Gasteiger partial charge in [-0.2, -0.15) is 0 Å². The molecule has 1 aliphatic rings. The summed E-state index contributed by atoms with van der Waals surface area (Å²) >= 11 is 0. The van der Waals surface area contributed by atoms with Crippen LogP contribution in [0.15, 0.2) is 54.6 Å². The fourth-order valence-electron chi connectivity index (χ4n) is 5.00. The number of carbonyl (C=O) groups excluding carboxylic acids is 1. The van der Waals surface area contributed by atoms with Crippen LogP contribution in [0.1, 0.15) is 79.8 Å². The highest BCUT2D eigenvalue weighted by atomic mass is 19.2. The number of hydrogen-bond donors (Lipinski definition) is 0. The van der Waals surface area contributed by atoms with Crippen LogP contribution in [0.4, 0.5) is 13.2 Å². The third-order valence-corrected chi connectivity index (χ3v) is 7.17. The predicted molar refractivity (Wildman–Crippen MR) is 132 cm³/mol. The molecule has 5 heteroatoms. The number of hydrogen-bond acceptors (Lipinski definition) is 2. The van der Waals surface area contributed by atoms with Crippen molar-refractivity contribution in [1.29, 1.82) is 0 Å². The minimum absolute atomic E-state index is 0.0224. The van der Waals surface area contributed by atoms with Gasteiger partial charge in [-0.1, -0.05) is 57.0 Å². The Labute approximate surface area is 205 Å². The van der Waals surface area contributed by atoms with Crippen LogP contribution in [0.5, 0.6) is 5.75 Å². The Morgan fingerprint density at radius 2 is 1.54 bits per heavy atom. The molecule has 4 rings (SSSR count). The molecule has 1 aliphatic carbocycles. The molecular weight excluding hydrogens is 449 g/mol. The molecule has 0 aromatic heterocycles. The summed E-state index contributed by atoms with van der Waals surface area (Å²) in [6.45, 7) is 4.16. The molecule has 1 saturated carbocycles. The van der Waals surface area contributed by atoms with Crippen molar-refractivity contribution in [2.24, 2.45) is 5.92 Å². The van der Waals surface area contributed by atoms with Crippen LogP contribution in [0.2, 0.25) is 0 Å². The molecule has 0 heterocycles. The van der Waals surface area contributed by atoms with E-state index >= 15 is 0 Å². The van der Waals surface area contributed by atoms with Gasteiger partial charge in [0, 0.05) is 0 Å². The van der Waals surface area contributed by atoms with Gasteiger partial charge in [0.2, 0.25) is 0 Å². The molecule has 0 radical (unpaired) electrons. The lowest BCUT2D eigenvalue weighted by Crippen LogP contribution is -2.16. The average Bonchev–Trinajstić information content (AvgIpc) is 2.87. The van der Waals surface area contributed by atoms with E-state index in [0.717, 1.165) is 44.1 Å². The zero-order chi connectivity index (χ0) is 24.9. The fourth-order valence-corrected chi connectivity index (χ4v) is 5.00. The topological polar surface area (TPSA) is 26.3 Å². The Bertz CT molecular complexity index is 1180. The third-order valence-electron chi connectivity index (χ3n) is 7.17. The van der Waals surface area contributed by atoms with E-state index in [-0.39, 0.29) is 17.5 Å². The van der Waals surface area contributed by atoms with E-state index in [2.05, 4.69) is 6.92 Å². The second kappa shape index (κ2) is 11.1. The van der Waals surface area contributed by atoms with Gasteiger partial charge in [-0.15, -0.1) is 0 Å². The standard InChI is InChI=1S/C30H31F3O2/c1-3-5-22-10-11-23(18-27(22)31)20-12-14-24(15-13-20)35-30(34)26-17-16-25(28(32)29(26)33)21-8-6-19(4-2)7-9-21/h10-19,21H,3-9H2,1-2H3. The molecule has 0 amide bonds. The highest BCUT2D eigenvalue weighted by molar-refractivity contribution is 5.91. The normalized spacial score (nSPS) is 17.9. The molecule has 1 fully saturated rings. The van der Waals surface area contributed by atoms with E-state index in [4.69, 9.17) is 4.74 Å². The summed E-state index contributed by atoms with van der Waals surface area (Å²) in [5, 5.41) is 0. The van der Waals surface area contributed by atoms with Gasteiger partial charge in [-0.25, -0.2) is 18.0 Å². The van der Waals surface area contributed by atoms with Crippen molar-refractivity contribution in [2.75, 3.05) is 0 Å². The number of carbonyl (C=O) groups is 1. The predicted octanol–water partition coefficient (Wildman–Crippen LogP) is 8.63. The number of rotatable bonds is 7.